The third kappa shape index (κ3) is 4.55. The molecule has 1 heterocycles. The highest BCUT2D eigenvalue weighted by Crippen LogP contribution is 2.25. The van der Waals surface area contributed by atoms with Gasteiger partial charge in [-0.1, -0.05) is 19.3 Å². The number of thiazole rings is 1. The Morgan fingerprint density at radius 2 is 2.04 bits per heavy atom. The van der Waals surface area contributed by atoms with Crippen molar-refractivity contribution in [3.05, 3.63) is 35.2 Å². The zero-order valence-electron chi connectivity index (χ0n) is 13.3. The van der Waals surface area contributed by atoms with E-state index in [1.54, 1.807) is 23.7 Å². The minimum absolute atomic E-state index is 0.0509. The summed E-state index contributed by atoms with van der Waals surface area (Å²) in [6.07, 6.45) is 7.01. The largest absolute Gasteiger partial charge is 0.426 e. The Labute approximate surface area is 144 Å². The van der Waals surface area contributed by atoms with Crippen LogP contribution in [-0.4, -0.2) is 17.2 Å². The number of nitrogens with two attached hydrogens (primary N) is 1. The van der Waals surface area contributed by atoms with Gasteiger partial charge in [0.25, 0.3) is 0 Å². The van der Waals surface area contributed by atoms with Gasteiger partial charge in [0.15, 0.2) is 0 Å². The topological polar surface area (TPSA) is 89.6 Å². The molecule has 0 saturated heterocycles. The summed E-state index contributed by atoms with van der Waals surface area (Å²) in [4.78, 5) is 16.2. The van der Waals surface area contributed by atoms with Crippen LogP contribution in [0.3, 0.4) is 0 Å². The summed E-state index contributed by atoms with van der Waals surface area (Å²) in [6, 6.07) is 7.27. The number of hydrazone groups is 1. The van der Waals surface area contributed by atoms with E-state index < -0.39 is 0 Å². The van der Waals surface area contributed by atoms with E-state index in [1.807, 2.05) is 12.1 Å². The molecule has 0 unspecified atom stereocenters. The van der Waals surface area contributed by atoms with Crippen molar-refractivity contribution in [1.29, 1.82) is 0 Å². The summed E-state index contributed by atoms with van der Waals surface area (Å²) in [5.41, 5.74) is 9.25. The van der Waals surface area contributed by atoms with Crippen LogP contribution in [0.15, 0.2) is 34.7 Å². The standard InChI is InChI=1S/C17H20N4O2S/c18-15-11-24-17(20-15)21-19-10-12-6-8-14(9-7-12)23-16(22)13-4-2-1-3-5-13/h6-11,13H,1-5,18H2,(H,20,21). The summed E-state index contributed by atoms with van der Waals surface area (Å²) >= 11 is 1.39. The van der Waals surface area contributed by atoms with Crippen LogP contribution in [0.5, 0.6) is 5.75 Å². The summed E-state index contributed by atoms with van der Waals surface area (Å²) in [5.74, 6) is 0.985. The number of benzene rings is 1. The SMILES string of the molecule is Nc1csc(NN=Cc2ccc(OC(=O)C3CCCCC3)cc2)n1. The molecule has 1 aromatic heterocycles. The van der Waals surface area contributed by atoms with Crippen LogP contribution in [0.2, 0.25) is 0 Å². The molecule has 1 fully saturated rings. The molecule has 3 N–H and O–H groups in total. The van der Waals surface area contributed by atoms with Gasteiger partial charge in [-0.3, -0.25) is 10.2 Å². The molecule has 126 valence electrons. The van der Waals surface area contributed by atoms with E-state index in [4.69, 9.17) is 10.5 Å². The molecule has 1 aliphatic carbocycles. The van der Waals surface area contributed by atoms with Gasteiger partial charge in [0.2, 0.25) is 5.13 Å². The van der Waals surface area contributed by atoms with Gasteiger partial charge < -0.3 is 10.5 Å². The number of anilines is 2. The Kier molecular flexibility index (Phi) is 5.43. The maximum absolute atomic E-state index is 12.1. The number of carbonyl (C=O) groups excluding carboxylic acids is 1. The molecule has 0 bridgehead atoms. The zero-order valence-corrected chi connectivity index (χ0v) is 14.1. The van der Waals surface area contributed by atoms with Crippen molar-refractivity contribution in [2.45, 2.75) is 32.1 Å². The second kappa shape index (κ2) is 7.92. The maximum atomic E-state index is 12.1. The molecule has 0 radical (unpaired) electrons. The lowest BCUT2D eigenvalue weighted by Crippen LogP contribution is -2.22. The maximum Gasteiger partial charge on any atom is 0.314 e. The third-order valence-electron chi connectivity index (χ3n) is 3.93. The fourth-order valence-electron chi connectivity index (χ4n) is 2.66. The lowest BCUT2D eigenvalue weighted by Gasteiger charge is -2.19. The first-order chi connectivity index (χ1) is 11.7. The molecule has 2 aromatic rings. The number of nitrogen functional groups attached to an aromatic ring is 1. The molecule has 1 aliphatic rings. The summed E-state index contributed by atoms with van der Waals surface area (Å²) < 4.78 is 5.46. The molecule has 0 atom stereocenters. The molecule has 0 aliphatic heterocycles. The highest BCUT2D eigenvalue weighted by atomic mass is 32.1. The summed E-state index contributed by atoms with van der Waals surface area (Å²) in [7, 11) is 0. The van der Waals surface area contributed by atoms with Crippen LogP contribution in [-0.2, 0) is 4.79 Å². The molecule has 7 heteroatoms. The van der Waals surface area contributed by atoms with E-state index in [-0.39, 0.29) is 11.9 Å². The molecule has 6 nitrogen and oxygen atoms in total. The Balaban J connectivity index is 1.52. The first-order valence-electron chi connectivity index (χ1n) is 8.02. The molecule has 0 amide bonds. The minimum atomic E-state index is -0.112. The van der Waals surface area contributed by atoms with Gasteiger partial charge in [0.05, 0.1) is 12.1 Å². The van der Waals surface area contributed by atoms with Crippen molar-refractivity contribution in [2.24, 2.45) is 11.0 Å². The second-order valence-electron chi connectivity index (χ2n) is 5.77. The van der Waals surface area contributed by atoms with Crippen LogP contribution in [0.1, 0.15) is 37.7 Å². The molecule has 24 heavy (non-hydrogen) atoms. The number of nitrogens with one attached hydrogen (secondary N) is 1. The van der Waals surface area contributed by atoms with Crippen LogP contribution in [0.25, 0.3) is 0 Å². The monoisotopic (exact) mass is 344 g/mol. The first kappa shape index (κ1) is 16.4. The van der Waals surface area contributed by atoms with Crippen molar-refractivity contribution >= 4 is 34.5 Å². The number of aromatic nitrogens is 1. The Morgan fingerprint density at radius 3 is 2.71 bits per heavy atom. The van der Waals surface area contributed by atoms with Gasteiger partial charge in [0.1, 0.15) is 11.6 Å². The van der Waals surface area contributed by atoms with E-state index in [0.29, 0.717) is 16.7 Å². The Bertz CT molecular complexity index is 706. The number of nitrogens with zero attached hydrogens (tertiary/aromatic N) is 2. The molecule has 1 saturated carbocycles. The van der Waals surface area contributed by atoms with Gasteiger partial charge in [0, 0.05) is 5.38 Å². The predicted octanol–water partition coefficient (Wildman–Crippen LogP) is 3.66. The minimum Gasteiger partial charge on any atom is -0.426 e. The van der Waals surface area contributed by atoms with Gasteiger partial charge in [-0.05, 0) is 42.7 Å². The molecule has 3 rings (SSSR count). The highest BCUT2D eigenvalue weighted by Gasteiger charge is 2.22. The van der Waals surface area contributed by atoms with E-state index in [1.165, 1.54) is 17.8 Å². The van der Waals surface area contributed by atoms with E-state index in [0.717, 1.165) is 31.2 Å². The predicted molar refractivity (Wildman–Crippen MR) is 96.4 cm³/mol. The van der Waals surface area contributed by atoms with E-state index >= 15 is 0 Å². The van der Waals surface area contributed by atoms with Crippen LogP contribution >= 0.6 is 11.3 Å². The van der Waals surface area contributed by atoms with Crippen LogP contribution in [0.4, 0.5) is 10.9 Å². The Morgan fingerprint density at radius 1 is 1.29 bits per heavy atom. The summed E-state index contributed by atoms with van der Waals surface area (Å²) in [5, 5.41) is 6.48. The van der Waals surface area contributed by atoms with Gasteiger partial charge >= 0.3 is 5.97 Å². The number of esters is 1. The van der Waals surface area contributed by atoms with E-state index in [9.17, 15) is 4.79 Å². The van der Waals surface area contributed by atoms with Crippen molar-refractivity contribution in [3.63, 3.8) is 0 Å². The van der Waals surface area contributed by atoms with Gasteiger partial charge in [-0.15, -0.1) is 11.3 Å². The molecule has 0 spiro atoms. The summed E-state index contributed by atoms with van der Waals surface area (Å²) in [6.45, 7) is 0. The fraction of sp³-hybridized carbons (Fsp3) is 0.353. The normalized spacial score (nSPS) is 15.5. The number of carbonyl (C=O) groups is 1. The lowest BCUT2D eigenvalue weighted by atomic mass is 9.89. The van der Waals surface area contributed by atoms with Crippen molar-refractivity contribution in [3.8, 4) is 5.75 Å². The average Bonchev–Trinajstić information content (AvgIpc) is 3.02. The highest BCUT2D eigenvalue weighted by molar-refractivity contribution is 7.14. The van der Waals surface area contributed by atoms with Crippen molar-refractivity contribution in [2.75, 3.05) is 11.2 Å². The van der Waals surface area contributed by atoms with Crippen molar-refractivity contribution in [1.82, 2.24) is 4.98 Å². The van der Waals surface area contributed by atoms with Crippen molar-refractivity contribution < 1.29 is 9.53 Å². The van der Waals surface area contributed by atoms with E-state index in [2.05, 4.69) is 15.5 Å². The van der Waals surface area contributed by atoms with Gasteiger partial charge in [-0.25, -0.2) is 4.98 Å². The third-order valence-corrected chi connectivity index (χ3v) is 4.70. The number of hydrogen-bond acceptors (Lipinski definition) is 7. The number of hydrogen-bond donors (Lipinski definition) is 2. The lowest BCUT2D eigenvalue weighted by molar-refractivity contribution is -0.139. The Hall–Kier alpha value is -2.41. The molecular formula is C17H20N4O2S. The quantitative estimate of drug-likeness (QED) is 0.374. The molecule has 1 aromatic carbocycles. The smallest absolute Gasteiger partial charge is 0.314 e. The molecular weight excluding hydrogens is 324 g/mol. The zero-order chi connectivity index (χ0) is 16.8. The van der Waals surface area contributed by atoms with Gasteiger partial charge in [-0.2, -0.15) is 5.10 Å². The van der Waals surface area contributed by atoms with Crippen LogP contribution in [0, 0.1) is 5.92 Å². The number of rotatable bonds is 5. The second-order valence-corrected chi connectivity index (χ2v) is 6.63. The number of ether oxygens (including phenoxy) is 1. The van der Waals surface area contributed by atoms with Crippen LogP contribution < -0.4 is 15.9 Å². The first-order valence-corrected chi connectivity index (χ1v) is 8.90. The fourth-order valence-corrected chi connectivity index (χ4v) is 3.21. The average molecular weight is 344 g/mol.